The van der Waals surface area contributed by atoms with Crippen molar-refractivity contribution in [3.05, 3.63) is 35.9 Å². The quantitative estimate of drug-likeness (QED) is 0.760. The second-order valence-corrected chi connectivity index (χ2v) is 4.19. The summed E-state index contributed by atoms with van der Waals surface area (Å²) in [6.45, 7) is 3.95. The third-order valence-electron chi connectivity index (χ3n) is 2.90. The highest BCUT2D eigenvalue weighted by Gasteiger charge is 2.42. The number of benzene rings is 1. The van der Waals surface area contributed by atoms with Gasteiger partial charge in [0, 0.05) is 0 Å². The average molecular weight is 231 g/mol. The van der Waals surface area contributed by atoms with Gasteiger partial charge in [-0.3, -0.25) is 5.32 Å². The number of terminal acetylenes is 1. The Morgan fingerprint density at radius 3 is 2.47 bits per heavy atom. The zero-order valence-electron chi connectivity index (χ0n) is 10.1. The van der Waals surface area contributed by atoms with Crippen molar-refractivity contribution in [1.29, 1.82) is 0 Å². The first-order chi connectivity index (χ1) is 8.05. The second kappa shape index (κ2) is 5.51. The normalized spacial score (nSPS) is 14.0. The lowest BCUT2D eigenvalue weighted by atomic mass is 9.79. The standard InChI is InChI=1S/C14H17NO2/c1-4-10-15-14(11(2)3,13(16)17)12-8-6-5-7-9-12/h1,5-9,11,15H,10H2,2-3H3,(H,16,17). The van der Waals surface area contributed by atoms with Crippen LogP contribution in [0, 0.1) is 18.3 Å². The molecule has 90 valence electrons. The van der Waals surface area contributed by atoms with Crippen LogP contribution in [0.5, 0.6) is 0 Å². The van der Waals surface area contributed by atoms with E-state index in [1.807, 2.05) is 32.0 Å². The summed E-state index contributed by atoms with van der Waals surface area (Å²) >= 11 is 0. The fraction of sp³-hybridized carbons (Fsp3) is 0.357. The summed E-state index contributed by atoms with van der Waals surface area (Å²) < 4.78 is 0. The van der Waals surface area contributed by atoms with Gasteiger partial charge in [-0.15, -0.1) is 6.42 Å². The molecule has 1 atom stereocenters. The fourth-order valence-corrected chi connectivity index (χ4v) is 1.98. The number of hydrogen-bond donors (Lipinski definition) is 2. The lowest BCUT2D eigenvalue weighted by molar-refractivity contribution is -0.147. The van der Waals surface area contributed by atoms with E-state index in [0.29, 0.717) is 0 Å². The van der Waals surface area contributed by atoms with E-state index in [0.717, 1.165) is 5.56 Å². The van der Waals surface area contributed by atoms with Gasteiger partial charge in [0.1, 0.15) is 5.54 Å². The Morgan fingerprint density at radius 1 is 1.47 bits per heavy atom. The monoisotopic (exact) mass is 231 g/mol. The minimum Gasteiger partial charge on any atom is -0.480 e. The number of carbonyl (C=O) groups is 1. The van der Waals surface area contributed by atoms with Gasteiger partial charge in [0.25, 0.3) is 0 Å². The van der Waals surface area contributed by atoms with E-state index in [9.17, 15) is 9.90 Å². The molecule has 0 amide bonds. The molecule has 1 unspecified atom stereocenters. The average Bonchev–Trinajstić information content (AvgIpc) is 2.30. The highest BCUT2D eigenvalue weighted by atomic mass is 16.4. The molecular formula is C14H17NO2. The molecule has 0 aliphatic carbocycles. The van der Waals surface area contributed by atoms with Gasteiger partial charge in [0.05, 0.1) is 6.54 Å². The maximum atomic E-state index is 11.6. The van der Waals surface area contributed by atoms with Gasteiger partial charge >= 0.3 is 5.97 Å². The molecule has 0 bridgehead atoms. The number of carboxylic acid groups (broad SMARTS) is 1. The molecule has 0 heterocycles. The van der Waals surface area contributed by atoms with Crippen molar-refractivity contribution in [2.75, 3.05) is 6.54 Å². The van der Waals surface area contributed by atoms with Crippen molar-refractivity contribution < 1.29 is 9.90 Å². The maximum absolute atomic E-state index is 11.6. The van der Waals surface area contributed by atoms with Gasteiger partial charge in [0.2, 0.25) is 0 Å². The Balaban J connectivity index is 3.26. The number of carboxylic acids is 1. The maximum Gasteiger partial charge on any atom is 0.328 e. The minimum absolute atomic E-state index is 0.115. The zero-order valence-corrected chi connectivity index (χ0v) is 10.1. The lowest BCUT2D eigenvalue weighted by Gasteiger charge is -2.34. The fourth-order valence-electron chi connectivity index (χ4n) is 1.98. The van der Waals surface area contributed by atoms with Gasteiger partial charge in [-0.1, -0.05) is 50.1 Å². The van der Waals surface area contributed by atoms with Crippen LogP contribution < -0.4 is 5.32 Å². The van der Waals surface area contributed by atoms with Gasteiger partial charge in [-0.05, 0) is 11.5 Å². The molecule has 2 N–H and O–H groups in total. The SMILES string of the molecule is C#CCNC(C(=O)O)(c1ccccc1)C(C)C. The Kier molecular flexibility index (Phi) is 4.30. The van der Waals surface area contributed by atoms with Crippen LogP contribution in [0.4, 0.5) is 0 Å². The lowest BCUT2D eigenvalue weighted by Crippen LogP contribution is -2.53. The van der Waals surface area contributed by atoms with E-state index in [-0.39, 0.29) is 12.5 Å². The van der Waals surface area contributed by atoms with Crippen LogP contribution in [0.2, 0.25) is 0 Å². The summed E-state index contributed by atoms with van der Waals surface area (Å²) in [5.74, 6) is 1.40. The molecule has 3 nitrogen and oxygen atoms in total. The van der Waals surface area contributed by atoms with Gasteiger partial charge in [-0.25, -0.2) is 4.79 Å². The molecule has 0 radical (unpaired) electrons. The molecule has 0 aromatic heterocycles. The van der Waals surface area contributed by atoms with Gasteiger partial charge < -0.3 is 5.11 Å². The molecule has 0 saturated carbocycles. The van der Waals surface area contributed by atoms with E-state index in [2.05, 4.69) is 11.2 Å². The predicted molar refractivity (Wildman–Crippen MR) is 67.4 cm³/mol. The number of nitrogens with one attached hydrogen (secondary N) is 1. The van der Waals surface area contributed by atoms with Crippen molar-refractivity contribution in [2.45, 2.75) is 19.4 Å². The number of hydrogen-bond acceptors (Lipinski definition) is 2. The summed E-state index contributed by atoms with van der Waals surface area (Å²) in [5.41, 5.74) is -0.411. The van der Waals surface area contributed by atoms with E-state index in [1.54, 1.807) is 12.1 Å². The second-order valence-electron chi connectivity index (χ2n) is 4.19. The van der Waals surface area contributed by atoms with Gasteiger partial charge in [0.15, 0.2) is 0 Å². The molecule has 17 heavy (non-hydrogen) atoms. The molecule has 3 heteroatoms. The van der Waals surface area contributed by atoms with Crippen LogP contribution in [-0.2, 0) is 10.3 Å². The van der Waals surface area contributed by atoms with E-state index < -0.39 is 11.5 Å². The van der Waals surface area contributed by atoms with E-state index in [1.165, 1.54) is 0 Å². The first-order valence-electron chi connectivity index (χ1n) is 5.53. The van der Waals surface area contributed by atoms with Crippen molar-refractivity contribution in [1.82, 2.24) is 5.32 Å². The number of rotatable bonds is 5. The first kappa shape index (κ1) is 13.3. The molecule has 0 saturated heterocycles. The predicted octanol–water partition coefficient (Wildman–Crippen LogP) is 1.85. The summed E-state index contributed by atoms with van der Waals surface area (Å²) in [7, 11) is 0. The third kappa shape index (κ3) is 2.48. The van der Waals surface area contributed by atoms with E-state index >= 15 is 0 Å². The van der Waals surface area contributed by atoms with Crippen LogP contribution in [-0.4, -0.2) is 17.6 Å². The summed E-state index contributed by atoms with van der Waals surface area (Å²) in [6.07, 6.45) is 5.21. The first-order valence-corrected chi connectivity index (χ1v) is 5.53. The topological polar surface area (TPSA) is 49.3 Å². The summed E-state index contributed by atoms with van der Waals surface area (Å²) in [5, 5.41) is 12.5. The highest BCUT2D eigenvalue weighted by molar-refractivity contribution is 5.81. The Hall–Kier alpha value is -1.79. The van der Waals surface area contributed by atoms with Gasteiger partial charge in [-0.2, -0.15) is 0 Å². The molecule has 1 aromatic carbocycles. The van der Waals surface area contributed by atoms with Crippen LogP contribution in [0.25, 0.3) is 0 Å². The van der Waals surface area contributed by atoms with Crippen LogP contribution in [0.1, 0.15) is 19.4 Å². The largest absolute Gasteiger partial charge is 0.480 e. The molecule has 0 aliphatic heterocycles. The number of aliphatic carboxylic acids is 1. The summed E-state index contributed by atoms with van der Waals surface area (Å²) in [6, 6.07) is 9.12. The van der Waals surface area contributed by atoms with Crippen molar-refractivity contribution in [3.8, 4) is 12.3 Å². The zero-order chi connectivity index (χ0) is 12.9. The minimum atomic E-state index is -1.13. The molecule has 1 aromatic rings. The Labute approximate surface area is 102 Å². The van der Waals surface area contributed by atoms with Crippen LogP contribution >= 0.6 is 0 Å². The van der Waals surface area contributed by atoms with Crippen LogP contribution in [0.3, 0.4) is 0 Å². The molecule has 1 rings (SSSR count). The molecule has 0 fully saturated rings. The molecule has 0 aliphatic rings. The smallest absolute Gasteiger partial charge is 0.328 e. The van der Waals surface area contributed by atoms with Crippen molar-refractivity contribution in [2.24, 2.45) is 5.92 Å². The Morgan fingerprint density at radius 2 is 2.06 bits per heavy atom. The Bertz CT molecular complexity index is 420. The van der Waals surface area contributed by atoms with E-state index in [4.69, 9.17) is 6.42 Å². The molecule has 0 spiro atoms. The summed E-state index contributed by atoms with van der Waals surface area (Å²) in [4.78, 5) is 11.6. The van der Waals surface area contributed by atoms with Crippen molar-refractivity contribution >= 4 is 5.97 Å². The molecular weight excluding hydrogens is 214 g/mol. The van der Waals surface area contributed by atoms with Crippen molar-refractivity contribution in [3.63, 3.8) is 0 Å². The highest BCUT2D eigenvalue weighted by Crippen LogP contribution is 2.29. The third-order valence-corrected chi connectivity index (χ3v) is 2.90. The van der Waals surface area contributed by atoms with Crippen LogP contribution in [0.15, 0.2) is 30.3 Å².